The second kappa shape index (κ2) is 13.5. The number of aliphatic hydroxyl groups is 1. The van der Waals surface area contributed by atoms with Crippen molar-refractivity contribution < 1.29 is 14.7 Å². The van der Waals surface area contributed by atoms with E-state index in [9.17, 15) is 14.7 Å². The van der Waals surface area contributed by atoms with Crippen LogP contribution in [0.25, 0.3) is 10.9 Å². The van der Waals surface area contributed by atoms with Gasteiger partial charge in [-0.15, -0.1) is 11.8 Å². The molecule has 1 saturated heterocycles. The number of fused-ring (bicyclic) bond motifs is 1. The summed E-state index contributed by atoms with van der Waals surface area (Å²) in [5.74, 6) is 0.727. The van der Waals surface area contributed by atoms with Crippen LogP contribution in [-0.4, -0.2) is 58.8 Å². The van der Waals surface area contributed by atoms with Gasteiger partial charge in [0.2, 0.25) is 5.91 Å². The zero-order valence-corrected chi connectivity index (χ0v) is 24.9. The van der Waals surface area contributed by atoms with Crippen molar-refractivity contribution in [1.29, 1.82) is 0 Å². The predicted molar refractivity (Wildman–Crippen MR) is 168 cm³/mol. The molecule has 7 nitrogen and oxygen atoms in total. The summed E-state index contributed by atoms with van der Waals surface area (Å²) in [5, 5.41) is 14.0. The second-order valence-electron chi connectivity index (χ2n) is 11.1. The highest BCUT2D eigenvalue weighted by Gasteiger charge is 2.24. The molecule has 0 saturated carbocycles. The summed E-state index contributed by atoms with van der Waals surface area (Å²) in [6, 6.07) is 15.7. The van der Waals surface area contributed by atoms with Gasteiger partial charge < -0.3 is 20.2 Å². The molecule has 0 radical (unpaired) electrons. The van der Waals surface area contributed by atoms with Crippen LogP contribution in [0.2, 0.25) is 0 Å². The van der Waals surface area contributed by atoms with Gasteiger partial charge in [0.15, 0.2) is 0 Å². The fourth-order valence-electron chi connectivity index (χ4n) is 5.73. The van der Waals surface area contributed by atoms with Crippen LogP contribution in [0.15, 0.2) is 65.1 Å². The first-order chi connectivity index (χ1) is 19.9. The Labute approximate surface area is 247 Å². The lowest BCUT2D eigenvalue weighted by Gasteiger charge is -2.33. The van der Waals surface area contributed by atoms with Crippen molar-refractivity contribution in [2.75, 3.05) is 36.1 Å². The molecule has 0 spiro atoms. The molecule has 1 fully saturated rings. The number of amides is 2. The smallest absolute Gasteiger partial charge is 0.254 e. The van der Waals surface area contributed by atoms with E-state index in [1.165, 1.54) is 25.3 Å². The number of anilines is 2. The van der Waals surface area contributed by atoms with Gasteiger partial charge in [0, 0.05) is 60.2 Å². The molecule has 2 heterocycles. The van der Waals surface area contributed by atoms with Crippen molar-refractivity contribution >= 4 is 46.0 Å². The van der Waals surface area contributed by atoms with E-state index in [0.717, 1.165) is 59.5 Å². The molecule has 216 valence electrons. The van der Waals surface area contributed by atoms with Crippen molar-refractivity contribution in [3.05, 3.63) is 71.3 Å². The average Bonchev–Trinajstić information content (AvgIpc) is 2.99. The van der Waals surface area contributed by atoms with Crippen LogP contribution >= 0.6 is 11.8 Å². The molecule has 41 heavy (non-hydrogen) atoms. The van der Waals surface area contributed by atoms with Gasteiger partial charge in [-0.2, -0.15) is 0 Å². The zero-order valence-electron chi connectivity index (χ0n) is 24.1. The standard InChI is InChI=1S/C33H40N4O3S/c1-23(38)34-28-11-8-25(9-12-28)33(40)37(17-14-24-6-4-3-5-7-24)22-27-20-26-10-13-30(41-2)21-31(26)35-32(27)36-18-15-29(39)16-19-36/h6,8-13,20-21,29,39H,3-5,7,14-19,22H2,1-2H3,(H,34,38). The minimum Gasteiger partial charge on any atom is -0.393 e. The first-order valence-electron chi connectivity index (χ1n) is 14.6. The summed E-state index contributed by atoms with van der Waals surface area (Å²) in [4.78, 5) is 36.0. The molecule has 1 aliphatic carbocycles. The highest BCUT2D eigenvalue weighted by molar-refractivity contribution is 7.98. The Kier molecular flexibility index (Phi) is 9.62. The number of nitrogens with zero attached hydrogens (tertiary/aromatic N) is 3. The summed E-state index contributed by atoms with van der Waals surface area (Å²) in [7, 11) is 0. The predicted octanol–water partition coefficient (Wildman–Crippen LogP) is 6.41. The lowest BCUT2D eigenvalue weighted by atomic mass is 9.97. The number of aliphatic hydroxyl groups excluding tert-OH is 1. The average molecular weight is 573 g/mol. The zero-order chi connectivity index (χ0) is 28.8. The highest BCUT2D eigenvalue weighted by Crippen LogP contribution is 2.30. The van der Waals surface area contributed by atoms with Crippen LogP contribution in [0, 0.1) is 0 Å². The molecule has 2 aromatic carbocycles. The number of allylic oxidation sites excluding steroid dienone is 1. The van der Waals surface area contributed by atoms with Gasteiger partial charge in [-0.1, -0.05) is 17.7 Å². The van der Waals surface area contributed by atoms with E-state index in [1.807, 2.05) is 4.90 Å². The third-order valence-corrected chi connectivity index (χ3v) is 8.76. The SMILES string of the molecule is CSc1ccc2cc(CN(CCC3=CCCCC3)C(=O)c3ccc(NC(C)=O)cc3)c(N3CCC(O)CC3)nc2c1. The van der Waals surface area contributed by atoms with Gasteiger partial charge in [0.05, 0.1) is 11.6 Å². The van der Waals surface area contributed by atoms with Crippen LogP contribution in [0.3, 0.4) is 0 Å². The fraction of sp³-hybridized carbons (Fsp3) is 0.424. The summed E-state index contributed by atoms with van der Waals surface area (Å²) in [6.07, 6.45) is 11.1. The number of nitrogens with one attached hydrogen (secondary N) is 1. The number of pyridine rings is 1. The van der Waals surface area contributed by atoms with Gasteiger partial charge in [-0.05, 0) is 93.7 Å². The molecule has 2 N–H and O–H groups in total. The Morgan fingerprint density at radius 3 is 2.56 bits per heavy atom. The largest absolute Gasteiger partial charge is 0.393 e. The minimum atomic E-state index is -0.277. The number of hydrogen-bond donors (Lipinski definition) is 2. The van der Waals surface area contributed by atoms with Crippen LogP contribution in [0.5, 0.6) is 0 Å². The number of benzene rings is 2. The van der Waals surface area contributed by atoms with E-state index in [2.05, 4.69) is 46.8 Å². The second-order valence-corrected chi connectivity index (χ2v) is 12.0. The summed E-state index contributed by atoms with van der Waals surface area (Å²) in [6.45, 7) is 4.02. The van der Waals surface area contributed by atoms with Gasteiger partial charge >= 0.3 is 0 Å². The van der Waals surface area contributed by atoms with Crippen molar-refractivity contribution in [1.82, 2.24) is 9.88 Å². The van der Waals surface area contributed by atoms with Crippen molar-refractivity contribution in [3.63, 3.8) is 0 Å². The normalized spacial score (nSPS) is 16.0. The Morgan fingerprint density at radius 2 is 1.88 bits per heavy atom. The summed E-state index contributed by atoms with van der Waals surface area (Å²) >= 11 is 1.70. The monoisotopic (exact) mass is 572 g/mol. The van der Waals surface area contributed by atoms with Crippen molar-refractivity contribution in [2.45, 2.75) is 69.4 Å². The molecular formula is C33H40N4O3S. The van der Waals surface area contributed by atoms with Gasteiger partial charge in [-0.3, -0.25) is 9.59 Å². The fourth-order valence-corrected chi connectivity index (χ4v) is 6.16. The van der Waals surface area contributed by atoms with Crippen LogP contribution < -0.4 is 10.2 Å². The molecule has 0 unspecified atom stereocenters. The Bertz CT molecular complexity index is 1410. The topological polar surface area (TPSA) is 85.8 Å². The van der Waals surface area contributed by atoms with Crippen LogP contribution in [0.4, 0.5) is 11.5 Å². The lowest BCUT2D eigenvalue weighted by Crippen LogP contribution is -2.38. The number of hydrogen-bond acceptors (Lipinski definition) is 6. The number of carbonyl (C=O) groups excluding carboxylic acids is 2. The van der Waals surface area contributed by atoms with E-state index >= 15 is 0 Å². The molecule has 3 aromatic rings. The molecule has 2 amide bonds. The highest BCUT2D eigenvalue weighted by atomic mass is 32.2. The lowest BCUT2D eigenvalue weighted by molar-refractivity contribution is -0.114. The first kappa shape index (κ1) is 29.1. The van der Waals surface area contributed by atoms with Gasteiger partial charge in [-0.25, -0.2) is 4.98 Å². The maximum absolute atomic E-state index is 14.0. The van der Waals surface area contributed by atoms with Crippen molar-refractivity contribution in [3.8, 4) is 0 Å². The van der Waals surface area contributed by atoms with Gasteiger partial charge in [0.1, 0.15) is 5.82 Å². The first-order valence-corrected chi connectivity index (χ1v) is 15.9. The van der Waals surface area contributed by atoms with E-state index in [4.69, 9.17) is 4.98 Å². The molecule has 8 heteroatoms. The molecule has 1 aliphatic heterocycles. The number of carbonyl (C=O) groups is 2. The number of aromatic nitrogens is 1. The molecule has 5 rings (SSSR count). The van der Waals surface area contributed by atoms with E-state index in [1.54, 1.807) is 36.0 Å². The number of thioether (sulfide) groups is 1. The van der Waals surface area contributed by atoms with Crippen molar-refractivity contribution in [2.24, 2.45) is 0 Å². The summed E-state index contributed by atoms with van der Waals surface area (Å²) in [5.41, 5.74) is 4.66. The minimum absolute atomic E-state index is 0.0337. The molecule has 2 aliphatic rings. The van der Waals surface area contributed by atoms with E-state index in [-0.39, 0.29) is 17.9 Å². The molecule has 0 atom stereocenters. The maximum Gasteiger partial charge on any atom is 0.254 e. The molecule has 1 aromatic heterocycles. The number of rotatable bonds is 9. The Morgan fingerprint density at radius 1 is 1.10 bits per heavy atom. The van der Waals surface area contributed by atoms with Crippen LogP contribution in [0.1, 0.15) is 67.8 Å². The third kappa shape index (κ3) is 7.49. The Balaban J connectivity index is 1.48. The number of piperidine rings is 1. The maximum atomic E-state index is 14.0. The van der Waals surface area contributed by atoms with Crippen LogP contribution in [-0.2, 0) is 11.3 Å². The van der Waals surface area contributed by atoms with Gasteiger partial charge in [0.25, 0.3) is 5.91 Å². The summed E-state index contributed by atoms with van der Waals surface area (Å²) < 4.78 is 0. The molecule has 0 bridgehead atoms. The molecular weight excluding hydrogens is 532 g/mol. The quantitative estimate of drug-likeness (QED) is 0.228. The van der Waals surface area contributed by atoms with E-state index < -0.39 is 0 Å². The third-order valence-electron chi connectivity index (χ3n) is 8.03. The van der Waals surface area contributed by atoms with E-state index in [0.29, 0.717) is 37.2 Å². The Hall–Kier alpha value is -3.36.